The van der Waals surface area contributed by atoms with Gasteiger partial charge in [-0.15, -0.1) is 5.10 Å². The number of pyridine rings is 1. The van der Waals surface area contributed by atoms with Crippen LogP contribution in [0.1, 0.15) is 29.7 Å². The highest BCUT2D eigenvalue weighted by molar-refractivity contribution is 5.81. The standard InChI is InChI=1S/C19H17N5O3/c1-3-26-11-4-5-14-10(6-11)7-12(18(25)22-14)16-13(8-20)17(21)27-19-15(16)9(2)23-24-19/h4-7,16H,3,21H2,1-2H3,(H,22,25)(H,23,24). The van der Waals surface area contributed by atoms with Crippen LogP contribution in [0.2, 0.25) is 0 Å². The van der Waals surface area contributed by atoms with Gasteiger partial charge < -0.3 is 20.2 Å². The number of hydrogen-bond donors (Lipinski definition) is 3. The molecule has 1 aliphatic rings. The van der Waals surface area contributed by atoms with Crippen molar-refractivity contribution in [2.45, 2.75) is 19.8 Å². The molecule has 0 radical (unpaired) electrons. The number of nitrogens with two attached hydrogens (primary N) is 1. The number of rotatable bonds is 3. The number of aromatic nitrogens is 3. The average molecular weight is 363 g/mol. The van der Waals surface area contributed by atoms with Crippen molar-refractivity contribution in [2.75, 3.05) is 6.61 Å². The molecule has 8 nitrogen and oxygen atoms in total. The second-order valence-electron chi connectivity index (χ2n) is 6.23. The molecular formula is C19H17N5O3. The second-order valence-corrected chi connectivity index (χ2v) is 6.23. The third-order valence-electron chi connectivity index (χ3n) is 4.60. The number of allylic oxidation sites excluding steroid dienone is 1. The Hall–Kier alpha value is -3.73. The van der Waals surface area contributed by atoms with Gasteiger partial charge in [-0.1, -0.05) is 0 Å². The van der Waals surface area contributed by atoms with Crippen LogP contribution in [0.25, 0.3) is 10.9 Å². The van der Waals surface area contributed by atoms with E-state index in [0.29, 0.717) is 34.7 Å². The monoisotopic (exact) mass is 363 g/mol. The van der Waals surface area contributed by atoms with E-state index in [9.17, 15) is 10.1 Å². The van der Waals surface area contributed by atoms with Gasteiger partial charge in [0.15, 0.2) is 0 Å². The molecule has 0 saturated carbocycles. The minimum Gasteiger partial charge on any atom is -0.494 e. The van der Waals surface area contributed by atoms with Crippen LogP contribution in [0.3, 0.4) is 0 Å². The Morgan fingerprint density at radius 1 is 1.41 bits per heavy atom. The van der Waals surface area contributed by atoms with Crippen LogP contribution in [-0.2, 0) is 0 Å². The molecular weight excluding hydrogens is 346 g/mol. The summed E-state index contributed by atoms with van der Waals surface area (Å²) < 4.78 is 11.0. The lowest BCUT2D eigenvalue weighted by atomic mass is 9.84. The summed E-state index contributed by atoms with van der Waals surface area (Å²) in [5.41, 5.74) is 8.20. The highest BCUT2D eigenvalue weighted by atomic mass is 16.5. The van der Waals surface area contributed by atoms with Gasteiger partial charge in [0.25, 0.3) is 5.56 Å². The minimum atomic E-state index is -0.665. The molecule has 0 spiro atoms. The molecule has 4 rings (SSSR count). The van der Waals surface area contributed by atoms with Crippen LogP contribution in [0.4, 0.5) is 0 Å². The number of H-pyrrole nitrogens is 2. The first kappa shape index (κ1) is 16.7. The molecule has 1 unspecified atom stereocenters. The van der Waals surface area contributed by atoms with Crippen LogP contribution in [0.5, 0.6) is 11.6 Å². The SMILES string of the molecule is CCOc1ccc2[nH]c(=O)c(C3C(C#N)=C(N)Oc4n[nH]c(C)c43)cc2c1. The maximum atomic E-state index is 12.8. The van der Waals surface area contributed by atoms with Gasteiger partial charge in [-0.2, -0.15) is 5.26 Å². The largest absolute Gasteiger partial charge is 0.494 e. The Balaban J connectivity index is 1.97. The Morgan fingerprint density at radius 2 is 2.22 bits per heavy atom. The zero-order valence-corrected chi connectivity index (χ0v) is 14.8. The summed E-state index contributed by atoms with van der Waals surface area (Å²) >= 11 is 0. The molecule has 8 heteroatoms. The van der Waals surface area contributed by atoms with Gasteiger partial charge in [-0.25, -0.2) is 0 Å². The van der Waals surface area contributed by atoms with Gasteiger partial charge >= 0.3 is 0 Å². The van der Waals surface area contributed by atoms with Gasteiger partial charge in [0.05, 0.1) is 12.5 Å². The Morgan fingerprint density at radius 3 is 2.96 bits per heavy atom. The zero-order chi connectivity index (χ0) is 19.1. The van der Waals surface area contributed by atoms with Crippen LogP contribution in [0, 0.1) is 18.3 Å². The van der Waals surface area contributed by atoms with E-state index in [1.54, 1.807) is 25.1 Å². The molecule has 136 valence electrons. The lowest BCUT2D eigenvalue weighted by molar-refractivity contribution is 0.340. The molecule has 0 aliphatic carbocycles. The lowest BCUT2D eigenvalue weighted by Gasteiger charge is -2.23. The first-order valence-corrected chi connectivity index (χ1v) is 8.45. The Kier molecular flexibility index (Phi) is 3.85. The van der Waals surface area contributed by atoms with E-state index in [-0.39, 0.29) is 22.9 Å². The molecule has 4 N–H and O–H groups in total. The van der Waals surface area contributed by atoms with Crippen molar-refractivity contribution < 1.29 is 9.47 Å². The average Bonchev–Trinajstić information content (AvgIpc) is 3.01. The predicted molar refractivity (Wildman–Crippen MR) is 98.4 cm³/mol. The number of aromatic amines is 2. The van der Waals surface area contributed by atoms with E-state index in [1.165, 1.54) is 0 Å². The summed E-state index contributed by atoms with van der Waals surface area (Å²) in [6.07, 6.45) is 0. The van der Waals surface area contributed by atoms with E-state index >= 15 is 0 Å². The molecule has 2 aromatic heterocycles. The number of fused-ring (bicyclic) bond motifs is 2. The van der Waals surface area contributed by atoms with Gasteiger partial charge in [0, 0.05) is 27.7 Å². The minimum absolute atomic E-state index is 0.0518. The number of nitriles is 1. The van der Waals surface area contributed by atoms with Crippen molar-refractivity contribution in [1.82, 2.24) is 15.2 Å². The Labute approximate surface area is 154 Å². The van der Waals surface area contributed by atoms with Crippen LogP contribution >= 0.6 is 0 Å². The highest BCUT2D eigenvalue weighted by Gasteiger charge is 2.35. The molecule has 1 atom stereocenters. The second kappa shape index (κ2) is 6.21. The fraction of sp³-hybridized carbons (Fsp3) is 0.211. The smallest absolute Gasteiger partial charge is 0.252 e. The van der Waals surface area contributed by atoms with Crippen molar-refractivity contribution in [3.63, 3.8) is 0 Å². The van der Waals surface area contributed by atoms with Gasteiger partial charge in [0.1, 0.15) is 17.4 Å². The van der Waals surface area contributed by atoms with Crippen LogP contribution in [0.15, 0.2) is 40.5 Å². The quantitative estimate of drug-likeness (QED) is 0.654. The van der Waals surface area contributed by atoms with Crippen LogP contribution in [-0.4, -0.2) is 21.8 Å². The number of ether oxygens (including phenoxy) is 2. The fourth-order valence-corrected chi connectivity index (χ4v) is 3.38. The highest BCUT2D eigenvalue weighted by Crippen LogP contribution is 2.41. The first-order valence-electron chi connectivity index (χ1n) is 8.45. The lowest BCUT2D eigenvalue weighted by Crippen LogP contribution is -2.25. The van der Waals surface area contributed by atoms with Gasteiger partial charge in [-0.05, 0) is 38.1 Å². The van der Waals surface area contributed by atoms with Crippen molar-refractivity contribution in [2.24, 2.45) is 5.73 Å². The maximum Gasteiger partial charge on any atom is 0.252 e. The zero-order valence-electron chi connectivity index (χ0n) is 14.8. The molecule has 0 fully saturated rings. The number of benzene rings is 1. The summed E-state index contributed by atoms with van der Waals surface area (Å²) in [4.78, 5) is 15.7. The van der Waals surface area contributed by atoms with E-state index < -0.39 is 5.92 Å². The van der Waals surface area contributed by atoms with E-state index in [2.05, 4.69) is 21.3 Å². The normalized spacial score (nSPS) is 16.0. The number of nitrogens with zero attached hydrogens (tertiary/aromatic N) is 2. The fourth-order valence-electron chi connectivity index (χ4n) is 3.38. The van der Waals surface area contributed by atoms with Crippen molar-refractivity contribution in [1.29, 1.82) is 5.26 Å². The third-order valence-corrected chi connectivity index (χ3v) is 4.60. The third kappa shape index (κ3) is 2.60. The summed E-state index contributed by atoms with van der Waals surface area (Å²) in [5.74, 6) is 0.257. The van der Waals surface area contributed by atoms with Crippen LogP contribution < -0.4 is 20.8 Å². The summed E-state index contributed by atoms with van der Waals surface area (Å²) in [7, 11) is 0. The molecule has 0 saturated heterocycles. The molecule has 3 aromatic rings. The Bertz CT molecular complexity index is 1180. The molecule has 0 amide bonds. The van der Waals surface area contributed by atoms with Gasteiger partial charge in [-0.3, -0.25) is 9.89 Å². The molecule has 3 heterocycles. The molecule has 1 aromatic carbocycles. The van der Waals surface area contributed by atoms with Crippen molar-refractivity contribution in [3.05, 3.63) is 62.9 Å². The summed E-state index contributed by atoms with van der Waals surface area (Å²) in [6.45, 7) is 4.25. The van der Waals surface area contributed by atoms with E-state index in [4.69, 9.17) is 15.2 Å². The van der Waals surface area contributed by atoms with Crippen molar-refractivity contribution in [3.8, 4) is 17.7 Å². The maximum absolute atomic E-state index is 12.8. The number of aryl methyl sites for hydroxylation is 1. The molecule has 1 aliphatic heterocycles. The summed E-state index contributed by atoms with van der Waals surface area (Å²) in [6, 6.07) is 9.27. The number of nitrogens with one attached hydrogen (secondary N) is 2. The van der Waals surface area contributed by atoms with Gasteiger partial charge in [0.2, 0.25) is 11.8 Å². The van der Waals surface area contributed by atoms with E-state index in [1.807, 2.05) is 13.0 Å². The van der Waals surface area contributed by atoms with E-state index in [0.717, 1.165) is 5.39 Å². The predicted octanol–water partition coefficient (Wildman–Crippen LogP) is 2.18. The first-order chi connectivity index (χ1) is 13.0. The molecule has 0 bridgehead atoms. The van der Waals surface area contributed by atoms with Crippen molar-refractivity contribution >= 4 is 10.9 Å². The number of hydrogen-bond acceptors (Lipinski definition) is 6. The molecule has 27 heavy (non-hydrogen) atoms. The topological polar surface area (TPSA) is 130 Å². The summed E-state index contributed by atoms with van der Waals surface area (Å²) in [5, 5.41) is 17.3.